The average Bonchev–Trinajstić information content (AvgIpc) is 2.59. The molecule has 134 valence electrons. The van der Waals surface area contributed by atoms with E-state index < -0.39 is 0 Å². The molecule has 1 aromatic heterocycles. The third kappa shape index (κ3) is 6.68. The quantitative estimate of drug-likeness (QED) is 0.379. The van der Waals surface area contributed by atoms with E-state index in [0.717, 1.165) is 45.4 Å². The number of aliphatic imine (C=N–C) groups is 1. The standard InChI is InChI=1S/C15H24Cl2N6O/c1-18-15(21-4-5-23-6-8-24-9-7-23)20-3-2-19-14-13(17)10-12(16)11-22-14/h10-11H,2-9H2,1H3,(H,19,22)(H2,18,20,21). The van der Waals surface area contributed by atoms with Gasteiger partial charge in [0.05, 0.1) is 23.3 Å². The van der Waals surface area contributed by atoms with Gasteiger partial charge in [0.1, 0.15) is 5.82 Å². The highest BCUT2D eigenvalue weighted by Gasteiger charge is 2.09. The summed E-state index contributed by atoms with van der Waals surface area (Å²) in [6.45, 7) is 6.81. The van der Waals surface area contributed by atoms with E-state index in [-0.39, 0.29) is 0 Å². The van der Waals surface area contributed by atoms with Crippen LogP contribution in [-0.4, -0.2) is 75.4 Å². The van der Waals surface area contributed by atoms with Gasteiger partial charge in [0.15, 0.2) is 5.96 Å². The predicted molar refractivity (Wildman–Crippen MR) is 99.4 cm³/mol. The van der Waals surface area contributed by atoms with Crippen LogP contribution in [-0.2, 0) is 4.74 Å². The van der Waals surface area contributed by atoms with Crippen LogP contribution in [0.3, 0.4) is 0 Å². The molecule has 0 amide bonds. The summed E-state index contributed by atoms with van der Waals surface area (Å²) < 4.78 is 5.34. The molecular weight excluding hydrogens is 351 g/mol. The van der Waals surface area contributed by atoms with Gasteiger partial charge in [-0.1, -0.05) is 23.2 Å². The maximum Gasteiger partial charge on any atom is 0.191 e. The summed E-state index contributed by atoms with van der Waals surface area (Å²) in [5.41, 5.74) is 0. The Morgan fingerprint density at radius 2 is 2.00 bits per heavy atom. The second-order valence-electron chi connectivity index (χ2n) is 5.29. The molecule has 0 unspecified atom stereocenters. The number of morpholine rings is 1. The number of aromatic nitrogens is 1. The fourth-order valence-electron chi connectivity index (χ4n) is 2.28. The fourth-order valence-corrected chi connectivity index (χ4v) is 2.73. The van der Waals surface area contributed by atoms with Crippen molar-refractivity contribution in [3.63, 3.8) is 0 Å². The van der Waals surface area contributed by atoms with Gasteiger partial charge in [-0.3, -0.25) is 9.89 Å². The Hall–Kier alpha value is -1.28. The molecule has 1 aliphatic rings. The van der Waals surface area contributed by atoms with E-state index in [1.54, 1.807) is 19.3 Å². The third-order valence-electron chi connectivity index (χ3n) is 3.57. The molecule has 2 heterocycles. The van der Waals surface area contributed by atoms with Gasteiger partial charge in [0.2, 0.25) is 0 Å². The van der Waals surface area contributed by atoms with Gasteiger partial charge >= 0.3 is 0 Å². The molecule has 0 spiro atoms. The maximum absolute atomic E-state index is 6.06. The zero-order valence-corrected chi connectivity index (χ0v) is 15.3. The summed E-state index contributed by atoms with van der Waals surface area (Å²) in [5.74, 6) is 1.40. The zero-order chi connectivity index (χ0) is 17.2. The molecule has 1 saturated heterocycles. The molecule has 24 heavy (non-hydrogen) atoms. The molecule has 1 aromatic rings. The first-order chi connectivity index (χ1) is 11.7. The first kappa shape index (κ1) is 19.1. The Balaban J connectivity index is 1.60. The van der Waals surface area contributed by atoms with Gasteiger partial charge in [-0.15, -0.1) is 0 Å². The van der Waals surface area contributed by atoms with Crippen molar-refractivity contribution in [1.82, 2.24) is 20.5 Å². The largest absolute Gasteiger partial charge is 0.379 e. The minimum Gasteiger partial charge on any atom is -0.379 e. The van der Waals surface area contributed by atoms with E-state index >= 15 is 0 Å². The molecule has 0 atom stereocenters. The highest BCUT2D eigenvalue weighted by atomic mass is 35.5. The first-order valence-corrected chi connectivity index (χ1v) is 8.74. The summed E-state index contributed by atoms with van der Waals surface area (Å²) in [7, 11) is 1.76. The minimum absolute atomic E-state index is 0.510. The number of guanidine groups is 1. The van der Waals surface area contributed by atoms with Crippen molar-refractivity contribution in [2.45, 2.75) is 0 Å². The number of hydrogen-bond acceptors (Lipinski definition) is 5. The second-order valence-corrected chi connectivity index (χ2v) is 6.13. The number of ether oxygens (including phenoxy) is 1. The number of nitrogens with one attached hydrogen (secondary N) is 3. The van der Waals surface area contributed by atoms with Crippen molar-refractivity contribution in [2.75, 3.05) is 64.8 Å². The van der Waals surface area contributed by atoms with Gasteiger partial charge in [-0.2, -0.15) is 0 Å². The Kier molecular flexibility index (Phi) is 8.38. The Labute approximate surface area is 152 Å². The van der Waals surface area contributed by atoms with Crippen LogP contribution in [0.5, 0.6) is 0 Å². The van der Waals surface area contributed by atoms with Gasteiger partial charge in [0.25, 0.3) is 0 Å². The molecule has 0 aliphatic carbocycles. The van der Waals surface area contributed by atoms with Crippen molar-refractivity contribution in [3.05, 3.63) is 22.3 Å². The minimum atomic E-state index is 0.510. The lowest BCUT2D eigenvalue weighted by Crippen LogP contribution is -2.45. The topological polar surface area (TPSA) is 73.8 Å². The highest BCUT2D eigenvalue weighted by Crippen LogP contribution is 2.21. The van der Waals surface area contributed by atoms with Crippen LogP contribution in [0.15, 0.2) is 17.3 Å². The van der Waals surface area contributed by atoms with Crippen molar-refractivity contribution in [1.29, 1.82) is 0 Å². The average molecular weight is 375 g/mol. The summed E-state index contributed by atoms with van der Waals surface area (Å²) in [6.07, 6.45) is 1.56. The van der Waals surface area contributed by atoms with Gasteiger partial charge in [-0.05, 0) is 6.07 Å². The van der Waals surface area contributed by atoms with Crippen LogP contribution in [0.25, 0.3) is 0 Å². The second kappa shape index (κ2) is 10.6. The molecular formula is C15H24Cl2N6O. The normalized spacial score (nSPS) is 16.0. The SMILES string of the molecule is CN=C(NCCNc1ncc(Cl)cc1Cl)NCCN1CCOCC1. The first-order valence-electron chi connectivity index (χ1n) is 7.98. The Bertz CT molecular complexity index is 537. The van der Waals surface area contributed by atoms with Gasteiger partial charge in [-0.25, -0.2) is 4.98 Å². The number of anilines is 1. The van der Waals surface area contributed by atoms with Crippen LogP contribution in [0.2, 0.25) is 10.0 Å². The molecule has 3 N–H and O–H groups in total. The van der Waals surface area contributed by atoms with Gasteiger partial charge in [0, 0.05) is 52.5 Å². The van der Waals surface area contributed by atoms with E-state index in [1.807, 2.05) is 0 Å². The van der Waals surface area contributed by atoms with E-state index in [2.05, 4.69) is 30.8 Å². The molecule has 0 saturated carbocycles. The number of pyridine rings is 1. The molecule has 9 heteroatoms. The van der Waals surface area contributed by atoms with Crippen LogP contribution in [0.4, 0.5) is 5.82 Å². The lowest BCUT2D eigenvalue weighted by molar-refractivity contribution is 0.0389. The van der Waals surface area contributed by atoms with E-state index in [4.69, 9.17) is 27.9 Å². The highest BCUT2D eigenvalue weighted by molar-refractivity contribution is 6.35. The van der Waals surface area contributed by atoms with Crippen molar-refractivity contribution in [2.24, 2.45) is 4.99 Å². The molecule has 1 fully saturated rings. The summed E-state index contributed by atoms with van der Waals surface area (Å²) in [4.78, 5) is 10.7. The lowest BCUT2D eigenvalue weighted by atomic mass is 10.4. The maximum atomic E-state index is 6.06. The summed E-state index contributed by atoms with van der Waals surface area (Å²) in [5, 5.41) is 10.7. The Morgan fingerprint density at radius 3 is 2.71 bits per heavy atom. The number of rotatable bonds is 7. The summed E-state index contributed by atoms with van der Waals surface area (Å²) >= 11 is 11.9. The number of hydrogen-bond donors (Lipinski definition) is 3. The third-order valence-corrected chi connectivity index (χ3v) is 4.06. The summed E-state index contributed by atoms with van der Waals surface area (Å²) in [6, 6.07) is 1.66. The molecule has 2 rings (SSSR count). The molecule has 0 radical (unpaired) electrons. The fraction of sp³-hybridized carbons (Fsp3) is 0.600. The Morgan fingerprint density at radius 1 is 1.25 bits per heavy atom. The molecule has 0 aromatic carbocycles. The van der Waals surface area contributed by atoms with Crippen LogP contribution >= 0.6 is 23.2 Å². The van der Waals surface area contributed by atoms with E-state index in [9.17, 15) is 0 Å². The van der Waals surface area contributed by atoms with Crippen molar-refractivity contribution in [3.8, 4) is 0 Å². The van der Waals surface area contributed by atoms with Gasteiger partial charge < -0.3 is 20.7 Å². The smallest absolute Gasteiger partial charge is 0.191 e. The van der Waals surface area contributed by atoms with Crippen LogP contribution in [0.1, 0.15) is 0 Å². The predicted octanol–water partition coefficient (Wildman–Crippen LogP) is 1.30. The number of nitrogens with zero attached hydrogens (tertiary/aromatic N) is 3. The molecule has 7 nitrogen and oxygen atoms in total. The van der Waals surface area contributed by atoms with E-state index in [1.165, 1.54) is 0 Å². The van der Waals surface area contributed by atoms with Crippen LogP contribution in [0, 0.1) is 0 Å². The zero-order valence-electron chi connectivity index (χ0n) is 13.8. The van der Waals surface area contributed by atoms with Crippen molar-refractivity contribution < 1.29 is 4.74 Å². The monoisotopic (exact) mass is 374 g/mol. The molecule has 0 bridgehead atoms. The lowest BCUT2D eigenvalue weighted by Gasteiger charge is -2.26. The molecule has 1 aliphatic heterocycles. The number of halogens is 2. The van der Waals surface area contributed by atoms with Crippen LogP contribution < -0.4 is 16.0 Å². The van der Waals surface area contributed by atoms with Crippen molar-refractivity contribution >= 4 is 35.0 Å². The van der Waals surface area contributed by atoms with E-state index in [0.29, 0.717) is 29.0 Å².